The number of hydrogen-bond acceptors (Lipinski definition) is 4. The Kier molecular flexibility index (Phi) is 5.87. The van der Waals surface area contributed by atoms with Crippen molar-refractivity contribution in [2.45, 2.75) is 18.9 Å². The first-order chi connectivity index (χ1) is 12.5. The lowest BCUT2D eigenvalue weighted by molar-refractivity contribution is -0.119. The minimum absolute atomic E-state index is 0.159. The van der Waals surface area contributed by atoms with E-state index in [0.29, 0.717) is 16.8 Å². The molecule has 6 nitrogen and oxygen atoms in total. The summed E-state index contributed by atoms with van der Waals surface area (Å²) >= 11 is 2.03. The largest absolute Gasteiger partial charge is 0.452 e. The number of halogens is 1. The normalized spacial score (nSPS) is 13.0. The van der Waals surface area contributed by atoms with Gasteiger partial charge in [-0.3, -0.25) is 9.59 Å². The van der Waals surface area contributed by atoms with E-state index in [1.807, 2.05) is 28.7 Å². The Hall–Kier alpha value is -2.42. The van der Waals surface area contributed by atoms with E-state index in [9.17, 15) is 14.4 Å². The molecule has 0 aliphatic heterocycles. The molecule has 0 atom stereocenters. The molecule has 2 amide bonds. The van der Waals surface area contributed by atoms with Crippen molar-refractivity contribution in [1.29, 1.82) is 0 Å². The van der Waals surface area contributed by atoms with Gasteiger partial charge < -0.3 is 15.4 Å². The highest BCUT2D eigenvalue weighted by molar-refractivity contribution is 14.1. The molecule has 1 aliphatic carbocycles. The number of hydrogen-bond donors (Lipinski definition) is 2. The maximum absolute atomic E-state index is 12.0. The molecule has 2 aromatic rings. The van der Waals surface area contributed by atoms with Gasteiger partial charge in [-0.15, -0.1) is 0 Å². The third kappa shape index (κ3) is 5.04. The van der Waals surface area contributed by atoms with Crippen molar-refractivity contribution in [2.75, 3.05) is 11.9 Å². The van der Waals surface area contributed by atoms with Gasteiger partial charge in [0.15, 0.2) is 6.61 Å². The number of benzene rings is 2. The average molecular weight is 464 g/mol. The maximum atomic E-state index is 12.0. The number of carbonyl (C=O) groups excluding carboxylic acids is 3. The van der Waals surface area contributed by atoms with Crippen molar-refractivity contribution in [3.05, 3.63) is 63.2 Å². The molecule has 1 aliphatic rings. The van der Waals surface area contributed by atoms with Gasteiger partial charge in [-0.1, -0.05) is 18.2 Å². The van der Waals surface area contributed by atoms with Gasteiger partial charge in [0.05, 0.1) is 5.56 Å². The van der Waals surface area contributed by atoms with E-state index in [1.165, 1.54) is 0 Å². The number of amides is 2. The van der Waals surface area contributed by atoms with Crippen LogP contribution in [0.3, 0.4) is 0 Å². The van der Waals surface area contributed by atoms with Gasteiger partial charge in [-0.25, -0.2) is 4.79 Å². The minimum Gasteiger partial charge on any atom is -0.452 e. The van der Waals surface area contributed by atoms with E-state index in [1.54, 1.807) is 42.5 Å². The topological polar surface area (TPSA) is 84.5 Å². The van der Waals surface area contributed by atoms with E-state index in [2.05, 4.69) is 10.6 Å². The van der Waals surface area contributed by atoms with Crippen LogP contribution in [0.15, 0.2) is 48.5 Å². The first-order valence-electron chi connectivity index (χ1n) is 8.15. The molecule has 26 heavy (non-hydrogen) atoms. The summed E-state index contributed by atoms with van der Waals surface area (Å²) < 4.78 is 5.80. The molecule has 1 fully saturated rings. The Labute approximate surface area is 164 Å². The molecule has 2 N–H and O–H groups in total. The molecule has 3 rings (SSSR count). The quantitative estimate of drug-likeness (QED) is 0.509. The summed E-state index contributed by atoms with van der Waals surface area (Å²) in [4.78, 5) is 36.1. The van der Waals surface area contributed by atoms with Crippen molar-refractivity contribution in [3.63, 3.8) is 0 Å². The van der Waals surface area contributed by atoms with Crippen LogP contribution < -0.4 is 10.6 Å². The third-order valence-electron chi connectivity index (χ3n) is 3.75. The second kappa shape index (κ2) is 8.31. The predicted molar refractivity (Wildman–Crippen MR) is 105 cm³/mol. The summed E-state index contributed by atoms with van der Waals surface area (Å²) in [5.41, 5.74) is 1.37. The molecular formula is C19H17IN2O4. The van der Waals surface area contributed by atoms with Crippen LogP contribution in [0.1, 0.15) is 33.6 Å². The number of carbonyl (C=O) groups is 3. The summed E-state index contributed by atoms with van der Waals surface area (Å²) in [6, 6.07) is 13.9. The van der Waals surface area contributed by atoms with E-state index < -0.39 is 18.5 Å². The van der Waals surface area contributed by atoms with Gasteiger partial charge in [0.1, 0.15) is 0 Å². The molecule has 0 aromatic heterocycles. The standard InChI is InChI=1S/C19H17IN2O4/c20-16-7-2-1-6-15(16)19(25)26-11-17(23)21-14-5-3-4-12(10-14)18(24)22-13-8-9-13/h1-7,10,13H,8-9,11H2,(H,21,23)(H,22,24). The second-order valence-corrected chi connectivity index (χ2v) is 7.09. The summed E-state index contributed by atoms with van der Waals surface area (Å²) in [6.45, 7) is -0.400. The molecule has 2 aromatic carbocycles. The average Bonchev–Trinajstić information content (AvgIpc) is 3.44. The van der Waals surface area contributed by atoms with Gasteiger partial charge in [0.25, 0.3) is 11.8 Å². The monoisotopic (exact) mass is 464 g/mol. The van der Waals surface area contributed by atoms with E-state index >= 15 is 0 Å². The lowest BCUT2D eigenvalue weighted by Gasteiger charge is -2.09. The van der Waals surface area contributed by atoms with Crippen LogP contribution >= 0.6 is 22.6 Å². The lowest BCUT2D eigenvalue weighted by atomic mass is 10.2. The lowest BCUT2D eigenvalue weighted by Crippen LogP contribution is -2.25. The number of esters is 1. The highest BCUT2D eigenvalue weighted by Gasteiger charge is 2.23. The van der Waals surface area contributed by atoms with E-state index in [-0.39, 0.29) is 11.9 Å². The number of ether oxygens (including phenoxy) is 1. The molecule has 1 saturated carbocycles. The molecule has 0 saturated heterocycles. The second-order valence-electron chi connectivity index (χ2n) is 5.93. The van der Waals surface area contributed by atoms with Crippen LogP contribution in [-0.4, -0.2) is 30.4 Å². The molecule has 0 unspecified atom stereocenters. The third-order valence-corrected chi connectivity index (χ3v) is 4.69. The van der Waals surface area contributed by atoms with Crippen LogP contribution in [-0.2, 0) is 9.53 Å². The maximum Gasteiger partial charge on any atom is 0.339 e. The van der Waals surface area contributed by atoms with Gasteiger partial charge in [-0.2, -0.15) is 0 Å². The first kappa shape index (κ1) is 18.4. The highest BCUT2D eigenvalue weighted by Crippen LogP contribution is 2.20. The van der Waals surface area contributed by atoms with Gasteiger partial charge >= 0.3 is 5.97 Å². The Balaban J connectivity index is 1.54. The van der Waals surface area contributed by atoms with Crippen LogP contribution in [0.25, 0.3) is 0 Å². The fourth-order valence-corrected chi connectivity index (χ4v) is 2.87. The van der Waals surface area contributed by atoms with E-state index in [0.717, 1.165) is 16.4 Å². The zero-order valence-corrected chi connectivity index (χ0v) is 16.0. The molecule has 0 heterocycles. The van der Waals surface area contributed by atoms with Crippen molar-refractivity contribution in [1.82, 2.24) is 5.32 Å². The summed E-state index contributed by atoms with van der Waals surface area (Å²) in [5.74, 6) is -1.18. The Morgan fingerprint density at radius 1 is 1.08 bits per heavy atom. The zero-order chi connectivity index (χ0) is 18.5. The van der Waals surface area contributed by atoms with Crippen molar-refractivity contribution in [3.8, 4) is 0 Å². The molecule has 0 spiro atoms. The summed E-state index contributed by atoms with van der Waals surface area (Å²) in [5, 5.41) is 5.52. The van der Waals surface area contributed by atoms with Gasteiger partial charge in [0, 0.05) is 20.9 Å². The van der Waals surface area contributed by atoms with Crippen molar-refractivity contribution >= 4 is 46.1 Å². The Morgan fingerprint density at radius 3 is 2.58 bits per heavy atom. The van der Waals surface area contributed by atoms with Crippen molar-refractivity contribution < 1.29 is 19.1 Å². The van der Waals surface area contributed by atoms with Gasteiger partial charge in [-0.05, 0) is 65.8 Å². The van der Waals surface area contributed by atoms with Gasteiger partial charge in [0.2, 0.25) is 0 Å². The molecule has 0 bridgehead atoms. The van der Waals surface area contributed by atoms with Crippen LogP contribution in [0, 0.1) is 3.57 Å². The number of anilines is 1. The smallest absolute Gasteiger partial charge is 0.339 e. The molecule has 134 valence electrons. The first-order valence-corrected chi connectivity index (χ1v) is 9.23. The summed E-state index contributed by atoms with van der Waals surface area (Å²) in [6.07, 6.45) is 2.02. The highest BCUT2D eigenvalue weighted by atomic mass is 127. The summed E-state index contributed by atoms with van der Waals surface area (Å²) in [7, 11) is 0. The van der Waals surface area contributed by atoms with E-state index in [4.69, 9.17) is 4.74 Å². The number of nitrogens with one attached hydrogen (secondary N) is 2. The number of rotatable bonds is 6. The predicted octanol–water partition coefficient (Wildman–Crippen LogP) is 2.98. The Bertz CT molecular complexity index is 849. The van der Waals surface area contributed by atoms with Crippen LogP contribution in [0.5, 0.6) is 0 Å². The molecule has 0 radical (unpaired) electrons. The van der Waals surface area contributed by atoms with Crippen LogP contribution in [0.2, 0.25) is 0 Å². The Morgan fingerprint density at radius 2 is 1.85 bits per heavy atom. The van der Waals surface area contributed by atoms with Crippen molar-refractivity contribution in [2.24, 2.45) is 0 Å². The SMILES string of the molecule is O=C(COC(=O)c1ccccc1I)Nc1cccc(C(=O)NC2CC2)c1. The molecule has 7 heteroatoms. The fraction of sp³-hybridized carbons (Fsp3) is 0.211. The minimum atomic E-state index is -0.553. The fourth-order valence-electron chi connectivity index (χ4n) is 2.27. The zero-order valence-electron chi connectivity index (χ0n) is 13.8. The molecular weight excluding hydrogens is 447 g/mol. The van der Waals surface area contributed by atoms with Crippen LogP contribution in [0.4, 0.5) is 5.69 Å².